The molecule has 1 unspecified atom stereocenters. The van der Waals surface area contributed by atoms with Crippen molar-refractivity contribution in [1.29, 1.82) is 5.26 Å². The molecule has 1 aliphatic rings. The Labute approximate surface area is 209 Å². The lowest BCUT2D eigenvalue weighted by Crippen LogP contribution is -2.49. The largest absolute Gasteiger partial charge is 0.444 e. The van der Waals surface area contributed by atoms with E-state index >= 15 is 0 Å². The molecule has 1 aliphatic carbocycles. The van der Waals surface area contributed by atoms with Crippen molar-refractivity contribution in [2.75, 3.05) is 13.1 Å². The second kappa shape index (κ2) is 13.8. The van der Waals surface area contributed by atoms with Crippen molar-refractivity contribution >= 4 is 18.0 Å². The summed E-state index contributed by atoms with van der Waals surface area (Å²) in [6.07, 6.45) is 7.14. The van der Waals surface area contributed by atoms with E-state index in [1.54, 1.807) is 11.9 Å². The number of nitriles is 1. The maximum absolute atomic E-state index is 12.5. The van der Waals surface area contributed by atoms with Crippen LogP contribution in [0.15, 0.2) is 41.3 Å². The summed E-state index contributed by atoms with van der Waals surface area (Å²) in [6.45, 7) is 10.7. The van der Waals surface area contributed by atoms with Crippen LogP contribution in [0.3, 0.4) is 0 Å². The molecular weight excluding hydrogens is 446 g/mol. The van der Waals surface area contributed by atoms with E-state index in [9.17, 15) is 9.90 Å². The smallest absolute Gasteiger partial charge is 0.407 e. The van der Waals surface area contributed by atoms with E-state index in [2.05, 4.69) is 49.5 Å². The second-order valence-electron chi connectivity index (χ2n) is 10.3. The summed E-state index contributed by atoms with van der Waals surface area (Å²) in [4.78, 5) is 13.6. The van der Waals surface area contributed by atoms with Crippen molar-refractivity contribution in [3.8, 4) is 6.07 Å². The number of carbonyl (C=O) groups is 1. The number of alkyl carbamates (subject to hydrolysis) is 1. The molecule has 6 nitrogen and oxygen atoms in total. The zero-order chi connectivity index (χ0) is 25.1. The van der Waals surface area contributed by atoms with Crippen LogP contribution in [0, 0.1) is 17.2 Å². The zero-order valence-electron chi connectivity index (χ0n) is 21.3. The second-order valence-corrected chi connectivity index (χ2v) is 11.5. The van der Waals surface area contributed by atoms with Gasteiger partial charge in [-0.2, -0.15) is 5.26 Å². The Morgan fingerprint density at radius 3 is 2.74 bits per heavy atom. The molecule has 7 heteroatoms. The third-order valence-electron chi connectivity index (χ3n) is 5.75. The molecule has 3 atom stereocenters. The number of benzene rings is 1. The van der Waals surface area contributed by atoms with Crippen molar-refractivity contribution in [2.45, 2.75) is 95.3 Å². The van der Waals surface area contributed by atoms with Gasteiger partial charge in [0.15, 0.2) is 0 Å². The van der Waals surface area contributed by atoms with Gasteiger partial charge in [0.2, 0.25) is 0 Å². The molecule has 1 aromatic rings. The number of amides is 1. The molecule has 0 heterocycles. The minimum absolute atomic E-state index is 0.335. The van der Waals surface area contributed by atoms with Crippen LogP contribution < -0.4 is 5.32 Å². The molecule has 0 bridgehead atoms. The minimum atomic E-state index is -0.794. The lowest BCUT2D eigenvalue weighted by atomic mass is 9.87. The Balaban J connectivity index is 2.13. The van der Waals surface area contributed by atoms with Crippen LogP contribution in [0.1, 0.15) is 78.2 Å². The summed E-state index contributed by atoms with van der Waals surface area (Å²) in [5.74, 6) is 0.827. The molecule has 2 N–H and O–H groups in total. The van der Waals surface area contributed by atoms with Gasteiger partial charge in [0.05, 0.1) is 18.2 Å². The molecule has 0 radical (unpaired) electrons. The highest BCUT2D eigenvalue weighted by Gasteiger charge is 2.29. The lowest BCUT2D eigenvalue weighted by Gasteiger charge is -2.32. The van der Waals surface area contributed by atoms with Gasteiger partial charge >= 0.3 is 6.09 Å². The van der Waals surface area contributed by atoms with Gasteiger partial charge < -0.3 is 15.2 Å². The van der Waals surface area contributed by atoms with Crippen LogP contribution in [0.4, 0.5) is 4.79 Å². The Morgan fingerprint density at radius 2 is 2.12 bits per heavy atom. The first-order valence-corrected chi connectivity index (χ1v) is 13.1. The van der Waals surface area contributed by atoms with Gasteiger partial charge in [-0.3, -0.25) is 0 Å². The van der Waals surface area contributed by atoms with E-state index < -0.39 is 23.8 Å². The van der Waals surface area contributed by atoms with E-state index in [1.807, 2.05) is 37.2 Å². The number of aliphatic hydroxyl groups is 1. The fourth-order valence-corrected chi connectivity index (χ4v) is 5.00. The zero-order valence-corrected chi connectivity index (χ0v) is 22.1. The van der Waals surface area contributed by atoms with Gasteiger partial charge in [-0.1, -0.05) is 38.1 Å². The number of allylic oxidation sites excluding steroid dienone is 2. The third-order valence-corrected chi connectivity index (χ3v) is 6.81. The Bertz CT molecular complexity index is 844. The predicted molar refractivity (Wildman–Crippen MR) is 138 cm³/mol. The van der Waals surface area contributed by atoms with E-state index in [0.29, 0.717) is 37.8 Å². The lowest BCUT2D eigenvalue weighted by molar-refractivity contribution is 0.0376. The number of ether oxygens (including phenoxy) is 1. The van der Waals surface area contributed by atoms with Crippen molar-refractivity contribution in [3.05, 3.63) is 42.0 Å². The highest BCUT2D eigenvalue weighted by molar-refractivity contribution is 7.97. The molecule has 1 aromatic carbocycles. The first-order valence-electron chi connectivity index (χ1n) is 12.3. The molecule has 34 heavy (non-hydrogen) atoms. The standard InChI is InChI=1S/C27H41N3O3S/c1-20(2)22-13-9-14-23(18-22)34-30(16-10-15-28)19-25(31)24(17-21-11-7-6-8-12-21)29-26(32)33-27(3,4)5/h6-7,9,13-14,18,20-21,24-25,31H,8,10-12,16-17,19H2,1-5H3,(H,29,32)/t21?,24-,25+/m0/s1. The van der Waals surface area contributed by atoms with Gasteiger partial charge in [0.1, 0.15) is 5.60 Å². The quantitative estimate of drug-likeness (QED) is 0.293. The first-order chi connectivity index (χ1) is 16.1. The van der Waals surface area contributed by atoms with E-state index in [4.69, 9.17) is 10.00 Å². The highest BCUT2D eigenvalue weighted by Crippen LogP contribution is 2.28. The number of rotatable bonds is 11. The molecule has 0 spiro atoms. The molecule has 0 saturated carbocycles. The summed E-state index contributed by atoms with van der Waals surface area (Å²) in [6, 6.07) is 10.1. The Morgan fingerprint density at radius 1 is 1.35 bits per heavy atom. The number of nitrogens with zero attached hydrogens (tertiary/aromatic N) is 2. The minimum Gasteiger partial charge on any atom is -0.444 e. The number of hydrogen-bond acceptors (Lipinski definition) is 6. The van der Waals surface area contributed by atoms with Gasteiger partial charge in [-0.25, -0.2) is 9.10 Å². The Hall–Kier alpha value is -2.01. The fraction of sp³-hybridized carbons (Fsp3) is 0.630. The van der Waals surface area contributed by atoms with Crippen molar-refractivity contribution in [2.24, 2.45) is 5.92 Å². The molecule has 188 valence electrons. The van der Waals surface area contributed by atoms with Crippen LogP contribution in [-0.2, 0) is 4.74 Å². The average molecular weight is 488 g/mol. The van der Waals surface area contributed by atoms with Gasteiger partial charge in [-0.15, -0.1) is 0 Å². The number of aliphatic hydroxyl groups excluding tert-OH is 1. The Kier molecular flexibility index (Phi) is 11.4. The molecule has 0 saturated heterocycles. The fourth-order valence-electron chi connectivity index (χ4n) is 3.96. The highest BCUT2D eigenvalue weighted by atomic mass is 32.2. The normalized spacial score (nSPS) is 17.9. The first kappa shape index (κ1) is 28.2. The van der Waals surface area contributed by atoms with Crippen molar-refractivity contribution < 1.29 is 14.6 Å². The van der Waals surface area contributed by atoms with E-state index in [-0.39, 0.29) is 0 Å². The number of carbonyl (C=O) groups excluding carboxylic acids is 1. The van der Waals surface area contributed by atoms with Gasteiger partial charge in [0.25, 0.3) is 0 Å². The van der Waals surface area contributed by atoms with Gasteiger partial charge in [-0.05, 0) is 87.9 Å². The molecule has 0 aromatic heterocycles. The van der Waals surface area contributed by atoms with Crippen LogP contribution in [-0.4, -0.2) is 46.3 Å². The molecule has 1 amide bonds. The van der Waals surface area contributed by atoms with Crippen molar-refractivity contribution in [1.82, 2.24) is 9.62 Å². The summed E-state index contributed by atoms with van der Waals surface area (Å²) in [7, 11) is 0. The van der Waals surface area contributed by atoms with Gasteiger partial charge in [0, 0.05) is 24.4 Å². The summed E-state index contributed by atoms with van der Waals surface area (Å²) >= 11 is 1.55. The SMILES string of the molecule is CC(C)c1cccc(SN(CCC#N)C[C@@H](O)[C@H](CC2CC=CCC2)NC(=O)OC(C)(C)C)c1. The van der Waals surface area contributed by atoms with E-state index in [0.717, 1.165) is 24.2 Å². The third kappa shape index (κ3) is 10.5. The average Bonchev–Trinajstić information content (AvgIpc) is 2.76. The number of nitrogens with one attached hydrogen (secondary N) is 1. The van der Waals surface area contributed by atoms with Crippen LogP contribution >= 0.6 is 11.9 Å². The monoisotopic (exact) mass is 487 g/mol. The predicted octanol–water partition coefficient (Wildman–Crippen LogP) is 6.03. The molecule has 2 rings (SSSR count). The van der Waals surface area contributed by atoms with E-state index in [1.165, 1.54) is 5.56 Å². The summed E-state index contributed by atoms with van der Waals surface area (Å²) in [5.41, 5.74) is 0.643. The molecule has 0 aliphatic heterocycles. The topological polar surface area (TPSA) is 85.6 Å². The van der Waals surface area contributed by atoms with Crippen LogP contribution in [0.25, 0.3) is 0 Å². The van der Waals surface area contributed by atoms with Crippen molar-refractivity contribution in [3.63, 3.8) is 0 Å². The van der Waals surface area contributed by atoms with Crippen LogP contribution in [0.5, 0.6) is 0 Å². The molecular formula is C27H41N3O3S. The maximum Gasteiger partial charge on any atom is 0.407 e. The summed E-state index contributed by atoms with van der Waals surface area (Å²) in [5, 5.41) is 23.3. The summed E-state index contributed by atoms with van der Waals surface area (Å²) < 4.78 is 7.50. The van der Waals surface area contributed by atoms with Crippen LogP contribution in [0.2, 0.25) is 0 Å². The maximum atomic E-state index is 12.5. The molecule has 0 fully saturated rings. The number of hydrogen-bond donors (Lipinski definition) is 2.